The van der Waals surface area contributed by atoms with Gasteiger partial charge in [-0.1, -0.05) is 20.8 Å². The van der Waals surface area contributed by atoms with E-state index in [2.05, 4.69) is 30.9 Å². The van der Waals surface area contributed by atoms with Gasteiger partial charge in [0.05, 0.1) is 6.20 Å². The van der Waals surface area contributed by atoms with Gasteiger partial charge in [0, 0.05) is 29.6 Å². The Kier molecular flexibility index (Phi) is 3.39. The van der Waals surface area contributed by atoms with E-state index in [1.54, 1.807) is 16.3 Å². The first kappa shape index (κ1) is 15.8. The molecule has 3 unspecified atom stereocenters. The van der Waals surface area contributed by atoms with Crippen molar-refractivity contribution in [3.05, 3.63) is 23.5 Å². The lowest BCUT2D eigenvalue weighted by atomic mass is 9.70. The average molecular weight is 345 g/mol. The average Bonchev–Trinajstić information content (AvgIpc) is 3.24. The lowest BCUT2D eigenvalue weighted by Crippen LogP contribution is -2.38. The topological polar surface area (TPSA) is 57.0 Å². The second-order valence-corrected chi connectivity index (χ2v) is 8.80. The quantitative estimate of drug-likeness (QED) is 0.791. The molecule has 3 atom stereocenters. The summed E-state index contributed by atoms with van der Waals surface area (Å²) in [5.41, 5.74) is 1.65. The summed E-state index contributed by atoms with van der Waals surface area (Å²) in [6.07, 6.45) is 7.03. The number of nitrogens with zero attached hydrogens (tertiary/aromatic N) is 3. The Hall–Kier alpha value is -1.69. The van der Waals surface area contributed by atoms with Crippen LogP contribution in [-0.2, 0) is 11.8 Å². The fourth-order valence-electron chi connectivity index (χ4n) is 4.53. The van der Waals surface area contributed by atoms with E-state index in [1.165, 1.54) is 17.8 Å². The molecule has 2 aliphatic carbocycles. The van der Waals surface area contributed by atoms with Gasteiger partial charge in [-0.2, -0.15) is 5.10 Å². The summed E-state index contributed by atoms with van der Waals surface area (Å²) in [7, 11) is 1.86. The summed E-state index contributed by atoms with van der Waals surface area (Å²) in [6.45, 7) is 6.92. The van der Waals surface area contributed by atoms with Crippen LogP contribution in [0.5, 0.6) is 0 Å². The van der Waals surface area contributed by atoms with Crippen LogP contribution in [0.3, 0.4) is 0 Å². The first-order valence-corrected chi connectivity index (χ1v) is 9.35. The van der Waals surface area contributed by atoms with E-state index in [4.69, 9.17) is 4.74 Å². The third-order valence-electron chi connectivity index (χ3n) is 6.63. The molecular weight excluding hydrogens is 322 g/mol. The molecule has 2 aromatic heterocycles. The Morgan fingerprint density at radius 1 is 1.42 bits per heavy atom. The van der Waals surface area contributed by atoms with E-state index in [0.29, 0.717) is 11.6 Å². The number of fused-ring (bicyclic) bond motifs is 2. The van der Waals surface area contributed by atoms with Gasteiger partial charge >= 0.3 is 5.97 Å². The monoisotopic (exact) mass is 345 g/mol. The van der Waals surface area contributed by atoms with Gasteiger partial charge in [0.1, 0.15) is 11.1 Å². The fraction of sp³-hybridized carbons (Fsp3) is 0.611. The zero-order valence-corrected chi connectivity index (χ0v) is 15.4. The second-order valence-electron chi connectivity index (χ2n) is 7.94. The maximum Gasteiger partial charge on any atom is 0.358 e. The standard InChI is InChI=1S/C18H23N3O2S/c1-17(2)12-5-6-18(17,3)14(7-12)23-16(22)13-10-24-15(20-13)11-8-19-21(4)9-11/h8-10,12,14H,5-7H2,1-4H3. The minimum absolute atomic E-state index is 0.00212. The van der Waals surface area contributed by atoms with E-state index in [-0.39, 0.29) is 22.9 Å². The molecule has 6 heteroatoms. The van der Waals surface area contributed by atoms with E-state index in [0.717, 1.165) is 23.4 Å². The van der Waals surface area contributed by atoms with Gasteiger partial charge in [-0.05, 0) is 30.6 Å². The maximum atomic E-state index is 12.6. The van der Waals surface area contributed by atoms with Crippen molar-refractivity contribution in [2.75, 3.05) is 0 Å². The van der Waals surface area contributed by atoms with Crippen LogP contribution in [0, 0.1) is 16.7 Å². The molecule has 0 N–H and O–H groups in total. The highest BCUT2D eigenvalue weighted by molar-refractivity contribution is 7.13. The minimum Gasteiger partial charge on any atom is -0.457 e. The molecule has 0 saturated heterocycles. The summed E-state index contributed by atoms with van der Waals surface area (Å²) in [5, 5.41) is 6.73. The highest BCUT2D eigenvalue weighted by Crippen LogP contribution is 2.66. The Morgan fingerprint density at radius 2 is 2.21 bits per heavy atom. The van der Waals surface area contributed by atoms with Crippen LogP contribution >= 0.6 is 11.3 Å². The molecule has 2 bridgehead atoms. The molecule has 5 nitrogen and oxygen atoms in total. The van der Waals surface area contributed by atoms with Crippen LogP contribution in [0.25, 0.3) is 10.6 Å². The molecule has 2 saturated carbocycles. The van der Waals surface area contributed by atoms with Gasteiger partial charge in [0.25, 0.3) is 0 Å². The third-order valence-corrected chi connectivity index (χ3v) is 7.52. The van der Waals surface area contributed by atoms with Crippen LogP contribution < -0.4 is 0 Å². The smallest absolute Gasteiger partial charge is 0.358 e. The molecule has 0 spiro atoms. The number of hydrogen-bond donors (Lipinski definition) is 0. The Labute approximate surface area is 146 Å². The Bertz CT molecular complexity index is 794. The predicted molar refractivity (Wildman–Crippen MR) is 92.7 cm³/mol. The zero-order chi connectivity index (χ0) is 17.1. The van der Waals surface area contributed by atoms with E-state index in [9.17, 15) is 4.79 Å². The number of esters is 1. The van der Waals surface area contributed by atoms with Crippen LogP contribution in [0.1, 0.15) is 50.5 Å². The molecule has 4 rings (SSSR count). The number of carbonyl (C=O) groups excluding carboxylic acids is 1. The predicted octanol–water partition coefficient (Wildman–Crippen LogP) is 3.92. The third kappa shape index (κ3) is 2.15. The SMILES string of the molecule is Cn1cc(-c2nc(C(=O)OC3CC4CCC3(C)C4(C)C)cs2)cn1. The van der Waals surface area contributed by atoms with E-state index in [1.807, 2.05) is 13.2 Å². The molecule has 128 valence electrons. The zero-order valence-electron chi connectivity index (χ0n) is 14.6. The highest BCUT2D eigenvalue weighted by atomic mass is 32.1. The molecule has 0 aromatic carbocycles. The van der Waals surface area contributed by atoms with Crippen molar-refractivity contribution in [2.45, 2.75) is 46.1 Å². The molecule has 2 aromatic rings. The van der Waals surface area contributed by atoms with Crippen LogP contribution in [0.15, 0.2) is 17.8 Å². The van der Waals surface area contributed by atoms with Crippen molar-refractivity contribution in [3.63, 3.8) is 0 Å². The molecule has 0 aliphatic heterocycles. The van der Waals surface area contributed by atoms with Crippen LogP contribution in [0.2, 0.25) is 0 Å². The summed E-state index contributed by atoms with van der Waals surface area (Å²) in [5.74, 6) is 0.359. The van der Waals surface area contributed by atoms with E-state index >= 15 is 0 Å². The van der Waals surface area contributed by atoms with Gasteiger partial charge in [0.15, 0.2) is 5.69 Å². The van der Waals surface area contributed by atoms with Crippen LogP contribution in [-0.4, -0.2) is 26.8 Å². The number of carbonyl (C=O) groups is 1. The van der Waals surface area contributed by atoms with Crippen molar-refractivity contribution in [2.24, 2.45) is 23.8 Å². The Morgan fingerprint density at radius 3 is 2.79 bits per heavy atom. The lowest BCUT2D eigenvalue weighted by Gasteiger charge is -2.38. The molecule has 24 heavy (non-hydrogen) atoms. The normalized spacial score (nSPS) is 30.7. The van der Waals surface area contributed by atoms with Gasteiger partial charge in [-0.15, -0.1) is 11.3 Å². The highest BCUT2D eigenvalue weighted by Gasteiger charge is 2.62. The van der Waals surface area contributed by atoms with Gasteiger partial charge in [-0.3, -0.25) is 4.68 Å². The Balaban J connectivity index is 1.51. The number of ether oxygens (including phenoxy) is 1. The van der Waals surface area contributed by atoms with Crippen molar-refractivity contribution in [1.29, 1.82) is 0 Å². The first-order chi connectivity index (χ1) is 11.3. The summed E-state index contributed by atoms with van der Waals surface area (Å²) in [6, 6.07) is 0. The van der Waals surface area contributed by atoms with Gasteiger partial charge < -0.3 is 4.74 Å². The molecule has 2 fully saturated rings. The molecular formula is C18H23N3O2S. The van der Waals surface area contributed by atoms with Crippen molar-refractivity contribution in [3.8, 4) is 10.6 Å². The number of aryl methyl sites for hydroxylation is 1. The van der Waals surface area contributed by atoms with E-state index < -0.39 is 0 Å². The molecule has 2 aliphatic rings. The molecule has 0 amide bonds. The number of aromatic nitrogens is 3. The maximum absolute atomic E-state index is 12.6. The van der Waals surface area contributed by atoms with Gasteiger partial charge in [-0.25, -0.2) is 9.78 Å². The summed E-state index contributed by atoms with van der Waals surface area (Å²) >= 11 is 1.45. The largest absolute Gasteiger partial charge is 0.457 e. The summed E-state index contributed by atoms with van der Waals surface area (Å²) in [4.78, 5) is 17.0. The summed E-state index contributed by atoms with van der Waals surface area (Å²) < 4.78 is 7.64. The molecule has 2 heterocycles. The van der Waals surface area contributed by atoms with Crippen molar-refractivity contribution in [1.82, 2.24) is 14.8 Å². The van der Waals surface area contributed by atoms with Gasteiger partial charge in [0.2, 0.25) is 0 Å². The molecule has 0 radical (unpaired) electrons. The van der Waals surface area contributed by atoms with Crippen molar-refractivity contribution < 1.29 is 9.53 Å². The first-order valence-electron chi connectivity index (χ1n) is 8.47. The number of thiazole rings is 1. The van der Waals surface area contributed by atoms with Crippen LogP contribution in [0.4, 0.5) is 0 Å². The second kappa shape index (κ2) is 5.15. The number of hydrogen-bond acceptors (Lipinski definition) is 5. The fourth-order valence-corrected chi connectivity index (χ4v) is 5.29. The van der Waals surface area contributed by atoms with Crippen molar-refractivity contribution >= 4 is 17.3 Å². The number of rotatable bonds is 3. The minimum atomic E-state index is -0.295. The lowest BCUT2D eigenvalue weighted by molar-refractivity contribution is -0.0246.